The lowest BCUT2D eigenvalue weighted by atomic mass is 10.1. The maximum absolute atomic E-state index is 12.5. The lowest BCUT2D eigenvalue weighted by Crippen LogP contribution is -2.34. The largest absolute Gasteiger partial charge is 0.383 e. The summed E-state index contributed by atoms with van der Waals surface area (Å²) in [7, 11) is 5.19. The van der Waals surface area contributed by atoms with Crippen LogP contribution >= 0.6 is 0 Å². The molecule has 0 unspecified atom stereocenters. The van der Waals surface area contributed by atoms with Crippen molar-refractivity contribution in [2.75, 3.05) is 47.5 Å². The molecule has 0 spiro atoms. The van der Waals surface area contributed by atoms with Crippen molar-refractivity contribution in [3.05, 3.63) is 17.5 Å². The molecule has 22 heavy (non-hydrogen) atoms. The highest BCUT2D eigenvalue weighted by atomic mass is 16.5. The maximum atomic E-state index is 12.5. The Hall–Kier alpha value is -1.44. The summed E-state index contributed by atoms with van der Waals surface area (Å²) in [5.74, 6) is 0.283. The van der Waals surface area contributed by atoms with Crippen molar-refractivity contribution in [1.82, 2.24) is 20.0 Å². The van der Waals surface area contributed by atoms with Crippen molar-refractivity contribution in [2.45, 2.75) is 19.6 Å². The van der Waals surface area contributed by atoms with E-state index in [0.717, 1.165) is 37.4 Å². The number of H-pyrrole nitrogens is 1. The van der Waals surface area contributed by atoms with Crippen LogP contribution in [-0.4, -0.2) is 73.4 Å². The van der Waals surface area contributed by atoms with Crippen LogP contribution in [0.25, 0.3) is 0 Å². The molecule has 1 fully saturated rings. The number of carbonyl (C=O) groups is 1. The smallest absolute Gasteiger partial charge is 0.227 e. The highest BCUT2D eigenvalue weighted by Crippen LogP contribution is 2.19. The van der Waals surface area contributed by atoms with E-state index in [-0.39, 0.29) is 11.8 Å². The molecule has 1 N–H and O–H groups in total. The summed E-state index contributed by atoms with van der Waals surface area (Å²) in [4.78, 5) is 16.6. The number of rotatable bonds is 8. The number of aromatic nitrogens is 2. The number of amides is 1. The third kappa shape index (κ3) is 4.53. The molecule has 0 saturated carbocycles. The average Bonchev–Trinajstić information content (AvgIpc) is 3.14. The molecule has 1 atom stereocenters. The summed E-state index contributed by atoms with van der Waals surface area (Å²) in [6.45, 7) is 4.42. The van der Waals surface area contributed by atoms with E-state index in [1.54, 1.807) is 19.1 Å². The Morgan fingerprint density at radius 3 is 3.05 bits per heavy atom. The summed E-state index contributed by atoms with van der Waals surface area (Å²) < 4.78 is 10.1. The molecule has 1 aliphatic heterocycles. The highest BCUT2D eigenvalue weighted by molar-refractivity contribution is 5.79. The van der Waals surface area contributed by atoms with Gasteiger partial charge in [0, 0.05) is 34.4 Å². The molecule has 0 bridgehead atoms. The third-order valence-corrected chi connectivity index (χ3v) is 3.99. The third-order valence-electron chi connectivity index (χ3n) is 3.99. The molecule has 0 radical (unpaired) electrons. The number of aromatic amines is 1. The molecule has 1 saturated heterocycles. The predicted molar refractivity (Wildman–Crippen MR) is 82.2 cm³/mol. The molecule has 1 aliphatic rings. The average molecular weight is 310 g/mol. The number of hydrogen-bond donors (Lipinski definition) is 1. The van der Waals surface area contributed by atoms with Crippen LogP contribution in [0, 0.1) is 5.92 Å². The van der Waals surface area contributed by atoms with Crippen molar-refractivity contribution in [1.29, 1.82) is 0 Å². The molecule has 124 valence electrons. The number of likely N-dealkylation sites (tertiary alicyclic amines) is 1. The first kappa shape index (κ1) is 16.9. The van der Waals surface area contributed by atoms with E-state index >= 15 is 0 Å². The number of nitrogens with zero attached hydrogens (tertiary/aromatic N) is 3. The quantitative estimate of drug-likeness (QED) is 0.756. The fourth-order valence-corrected chi connectivity index (χ4v) is 2.81. The zero-order chi connectivity index (χ0) is 15.9. The van der Waals surface area contributed by atoms with Crippen LogP contribution in [0.15, 0.2) is 6.07 Å². The minimum Gasteiger partial charge on any atom is -0.383 e. The molecule has 0 aromatic carbocycles. The van der Waals surface area contributed by atoms with Crippen molar-refractivity contribution in [2.24, 2.45) is 5.92 Å². The minimum atomic E-state index is 0.0863. The summed E-state index contributed by atoms with van der Waals surface area (Å²) in [5, 5.41) is 7.10. The molecule has 2 heterocycles. The monoisotopic (exact) mass is 310 g/mol. The van der Waals surface area contributed by atoms with Crippen molar-refractivity contribution in [3.63, 3.8) is 0 Å². The standard InChI is InChI=1S/C15H26N4O3/c1-18(10-13-8-14(11-22-3)17-16-13)15(20)12-4-5-19(9-12)6-7-21-2/h8,12H,4-7,9-11H2,1-3H3,(H,16,17)/t12-/m1/s1. The van der Waals surface area contributed by atoms with Gasteiger partial charge in [0.2, 0.25) is 5.91 Å². The number of carbonyl (C=O) groups excluding carboxylic acids is 1. The first-order valence-corrected chi connectivity index (χ1v) is 7.62. The lowest BCUT2D eigenvalue weighted by molar-refractivity contribution is -0.134. The van der Waals surface area contributed by atoms with Gasteiger partial charge in [-0.3, -0.25) is 9.89 Å². The zero-order valence-corrected chi connectivity index (χ0v) is 13.7. The molecular formula is C15H26N4O3. The van der Waals surface area contributed by atoms with E-state index in [9.17, 15) is 4.79 Å². The Labute approximate surface area is 131 Å². The van der Waals surface area contributed by atoms with Crippen LogP contribution in [-0.2, 0) is 27.4 Å². The molecule has 2 rings (SSSR count). The van der Waals surface area contributed by atoms with Gasteiger partial charge in [0.1, 0.15) is 0 Å². The fourth-order valence-electron chi connectivity index (χ4n) is 2.81. The van der Waals surface area contributed by atoms with Gasteiger partial charge in [0.25, 0.3) is 0 Å². The molecule has 1 aromatic rings. The lowest BCUT2D eigenvalue weighted by Gasteiger charge is -2.21. The zero-order valence-electron chi connectivity index (χ0n) is 13.7. The summed E-state index contributed by atoms with van der Waals surface area (Å²) in [5.41, 5.74) is 1.78. The van der Waals surface area contributed by atoms with Crippen LogP contribution < -0.4 is 0 Å². The molecular weight excluding hydrogens is 284 g/mol. The minimum absolute atomic E-state index is 0.0863. The Morgan fingerprint density at radius 2 is 2.32 bits per heavy atom. The Morgan fingerprint density at radius 1 is 1.50 bits per heavy atom. The van der Waals surface area contributed by atoms with Gasteiger partial charge in [-0.2, -0.15) is 5.10 Å². The normalized spacial score (nSPS) is 18.8. The summed E-state index contributed by atoms with van der Waals surface area (Å²) in [6, 6.07) is 1.94. The van der Waals surface area contributed by atoms with E-state index in [0.29, 0.717) is 19.8 Å². The van der Waals surface area contributed by atoms with Crippen LogP contribution in [0.3, 0.4) is 0 Å². The fraction of sp³-hybridized carbons (Fsp3) is 0.733. The van der Waals surface area contributed by atoms with Crippen molar-refractivity contribution < 1.29 is 14.3 Å². The Kier molecular flexibility index (Phi) is 6.35. The number of nitrogens with one attached hydrogen (secondary N) is 1. The second-order valence-corrected chi connectivity index (χ2v) is 5.79. The maximum Gasteiger partial charge on any atom is 0.227 e. The molecule has 7 heteroatoms. The van der Waals surface area contributed by atoms with E-state index < -0.39 is 0 Å². The second kappa shape index (κ2) is 8.26. The molecule has 0 aliphatic carbocycles. The number of ether oxygens (including phenoxy) is 2. The first-order valence-electron chi connectivity index (χ1n) is 7.62. The van der Waals surface area contributed by atoms with Gasteiger partial charge in [-0.25, -0.2) is 0 Å². The van der Waals surface area contributed by atoms with E-state index in [2.05, 4.69) is 15.1 Å². The van der Waals surface area contributed by atoms with Gasteiger partial charge in [-0.15, -0.1) is 0 Å². The van der Waals surface area contributed by atoms with Crippen molar-refractivity contribution in [3.8, 4) is 0 Å². The Bertz CT molecular complexity index is 477. The Balaban J connectivity index is 1.81. The van der Waals surface area contributed by atoms with Crippen LogP contribution in [0.5, 0.6) is 0 Å². The van der Waals surface area contributed by atoms with E-state index in [1.165, 1.54) is 0 Å². The topological polar surface area (TPSA) is 70.7 Å². The van der Waals surface area contributed by atoms with E-state index in [4.69, 9.17) is 9.47 Å². The molecule has 1 amide bonds. The van der Waals surface area contributed by atoms with E-state index in [1.807, 2.05) is 13.1 Å². The van der Waals surface area contributed by atoms with Gasteiger partial charge in [-0.05, 0) is 19.0 Å². The number of hydrogen-bond acceptors (Lipinski definition) is 5. The van der Waals surface area contributed by atoms with Gasteiger partial charge in [0.05, 0.1) is 37.1 Å². The second-order valence-electron chi connectivity index (χ2n) is 5.79. The van der Waals surface area contributed by atoms with Crippen LogP contribution in [0.4, 0.5) is 0 Å². The number of methoxy groups -OCH3 is 2. The summed E-state index contributed by atoms with van der Waals surface area (Å²) in [6.07, 6.45) is 0.921. The molecule has 1 aromatic heterocycles. The van der Waals surface area contributed by atoms with Crippen LogP contribution in [0.2, 0.25) is 0 Å². The van der Waals surface area contributed by atoms with Crippen LogP contribution in [0.1, 0.15) is 17.8 Å². The first-order chi connectivity index (χ1) is 10.6. The molecule has 7 nitrogen and oxygen atoms in total. The van der Waals surface area contributed by atoms with Gasteiger partial charge >= 0.3 is 0 Å². The van der Waals surface area contributed by atoms with Crippen molar-refractivity contribution >= 4 is 5.91 Å². The van der Waals surface area contributed by atoms with Gasteiger partial charge in [0.15, 0.2) is 0 Å². The predicted octanol–water partition coefficient (Wildman–Crippen LogP) is 0.483. The van der Waals surface area contributed by atoms with Gasteiger partial charge < -0.3 is 19.3 Å². The van der Waals surface area contributed by atoms with Gasteiger partial charge in [-0.1, -0.05) is 0 Å². The SMILES string of the molecule is COCCN1CC[C@@H](C(=O)N(C)Cc2cc(COC)n[nH]2)C1. The highest BCUT2D eigenvalue weighted by Gasteiger charge is 2.30. The summed E-state index contributed by atoms with van der Waals surface area (Å²) >= 11 is 0.